The largest absolute Gasteiger partial charge is 0.374 e. The Balaban J connectivity index is 3.09. The Morgan fingerprint density at radius 1 is 1.27 bits per heavy atom. The van der Waals surface area contributed by atoms with Crippen molar-refractivity contribution in [1.29, 1.82) is 0 Å². The van der Waals surface area contributed by atoms with E-state index in [0.29, 0.717) is 0 Å². The van der Waals surface area contributed by atoms with E-state index in [-0.39, 0.29) is 5.41 Å². The van der Waals surface area contributed by atoms with Gasteiger partial charge < -0.3 is 5.11 Å². The standard InChI is InChI=1S/C13H21NO/c1-9-8-10(13(2,3)4)6-7-11(9)12(15)14-5/h6-8,12,14-15H,1-5H3. The van der Waals surface area contributed by atoms with Crippen LogP contribution in [0.2, 0.25) is 0 Å². The van der Waals surface area contributed by atoms with Crippen LogP contribution >= 0.6 is 0 Å². The van der Waals surface area contributed by atoms with Crippen LogP contribution in [0.4, 0.5) is 0 Å². The van der Waals surface area contributed by atoms with E-state index in [4.69, 9.17) is 0 Å². The van der Waals surface area contributed by atoms with E-state index in [1.165, 1.54) is 5.56 Å². The van der Waals surface area contributed by atoms with Crippen molar-refractivity contribution in [2.24, 2.45) is 0 Å². The van der Waals surface area contributed by atoms with E-state index in [0.717, 1.165) is 11.1 Å². The zero-order valence-electron chi connectivity index (χ0n) is 10.3. The normalized spacial score (nSPS) is 14.0. The van der Waals surface area contributed by atoms with Crippen molar-refractivity contribution in [3.63, 3.8) is 0 Å². The first-order chi connectivity index (χ1) is 6.86. The number of nitrogens with one attached hydrogen (secondary N) is 1. The molecule has 0 radical (unpaired) electrons. The molecule has 0 saturated carbocycles. The summed E-state index contributed by atoms with van der Waals surface area (Å²) in [5.41, 5.74) is 3.54. The summed E-state index contributed by atoms with van der Waals surface area (Å²) in [5, 5.41) is 12.5. The zero-order chi connectivity index (χ0) is 11.6. The van der Waals surface area contributed by atoms with Gasteiger partial charge in [-0.2, -0.15) is 0 Å². The average Bonchev–Trinajstić information content (AvgIpc) is 2.15. The maximum absolute atomic E-state index is 9.69. The minimum absolute atomic E-state index is 0.161. The fraction of sp³-hybridized carbons (Fsp3) is 0.538. The number of aliphatic hydroxyl groups excluding tert-OH is 1. The Labute approximate surface area is 92.3 Å². The molecule has 0 saturated heterocycles. The Kier molecular flexibility index (Phi) is 3.53. The molecule has 2 heteroatoms. The van der Waals surface area contributed by atoms with E-state index in [1.807, 2.05) is 13.0 Å². The summed E-state index contributed by atoms with van der Waals surface area (Å²) < 4.78 is 0. The molecule has 2 N–H and O–H groups in total. The summed E-state index contributed by atoms with van der Waals surface area (Å²) >= 11 is 0. The first kappa shape index (κ1) is 12.2. The molecule has 0 aliphatic rings. The van der Waals surface area contributed by atoms with Gasteiger partial charge >= 0.3 is 0 Å². The lowest BCUT2D eigenvalue weighted by Gasteiger charge is -2.21. The smallest absolute Gasteiger partial charge is 0.131 e. The third-order valence-electron chi connectivity index (χ3n) is 2.70. The maximum atomic E-state index is 9.69. The Morgan fingerprint density at radius 3 is 2.27 bits per heavy atom. The highest BCUT2D eigenvalue weighted by Gasteiger charge is 2.15. The molecular formula is C13H21NO. The van der Waals surface area contributed by atoms with Crippen LogP contribution in [0.3, 0.4) is 0 Å². The van der Waals surface area contributed by atoms with E-state index < -0.39 is 6.23 Å². The Hall–Kier alpha value is -0.860. The fourth-order valence-electron chi connectivity index (χ4n) is 1.60. The first-order valence-electron chi connectivity index (χ1n) is 5.32. The SMILES string of the molecule is CNC(O)c1ccc(C(C)(C)C)cc1C. The average molecular weight is 207 g/mol. The summed E-state index contributed by atoms with van der Waals surface area (Å²) in [7, 11) is 1.75. The molecule has 15 heavy (non-hydrogen) atoms. The second-order valence-corrected chi connectivity index (χ2v) is 5.01. The topological polar surface area (TPSA) is 32.3 Å². The van der Waals surface area contributed by atoms with Gasteiger partial charge in [0.05, 0.1) is 0 Å². The minimum atomic E-state index is -0.570. The molecule has 0 aliphatic heterocycles. The van der Waals surface area contributed by atoms with Gasteiger partial charge in [-0.3, -0.25) is 5.32 Å². The van der Waals surface area contributed by atoms with Crippen LogP contribution in [0.5, 0.6) is 0 Å². The zero-order valence-corrected chi connectivity index (χ0v) is 10.3. The third kappa shape index (κ3) is 2.80. The molecule has 0 heterocycles. The highest BCUT2D eigenvalue weighted by molar-refractivity contribution is 5.35. The van der Waals surface area contributed by atoms with Crippen molar-refractivity contribution in [3.8, 4) is 0 Å². The Morgan fingerprint density at radius 2 is 1.87 bits per heavy atom. The summed E-state index contributed by atoms with van der Waals surface area (Å²) in [6, 6.07) is 6.23. The van der Waals surface area contributed by atoms with Crippen molar-refractivity contribution in [2.45, 2.75) is 39.3 Å². The van der Waals surface area contributed by atoms with Gasteiger partial charge in [-0.05, 0) is 36.1 Å². The molecule has 1 atom stereocenters. The van der Waals surface area contributed by atoms with Gasteiger partial charge in [0.25, 0.3) is 0 Å². The number of hydrogen-bond acceptors (Lipinski definition) is 2. The van der Waals surface area contributed by atoms with Gasteiger partial charge in [-0.1, -0.05) is 39.0 Å². The Bertz CT molecular complexity index is 339. The molecule has 0 spiro atoms. The highest BCUT2D eigenvalue weighted by atomic mass is 16.3. The lowest BCUT2D eigenvalue weighted by Crippen LogP contribution is -2.17. The molecule has 0 aromatic heterocycles. The van der Waals surface area contributed by atoms with Gasteiger partial charge in [0.15, 0.2) is 0 Å². The van der Waals surface area contributed by atoms with Crippen LogP contribution in [0.25, 0.3) is 0 Å². The van der Waals surface area contributed by atoms with Gasteiger partial charge in [0, 0.05) is 0 Å². The molecule has 0 fully saturated rings. The second kappa shape index (κ2) is 4.33. The van der Waals surface area contributed by atoms with E-state index in [1.54, 1.807) is 7.05 Å². The van der Waals surface area contributed by atoms with E-state index in [2.05, 4.69) is 38.2 Å². The monoisotopic (exact) mass is 207 g/mol. The van der Waals surface area contributed by atoms with E-state index in [9.17, 15) is 5.11 Å². The minimum Gasteiger partial charge on any atom is -0.374 e. The summed E-state index contributed by atoms with van der Waals surface area (Å²) in [5.74, 6) is 0. The van der Waals surface area contributed by atoms with Gasteiger partial charge in [0.2, 0.25) is 0 Å². The molecule has 1 rings (SSSR count). The summed E-state index contributed by atoms with van der Waals surface area (Å²) in [4.78, 5) is 0. The molecule has 1 aromatic carbocycles. The van der Waals surface area contributed by atoms with Crippen LogP contribution in [-0.2, 0) is 5.41 Å². The molecule has 0 bridgehead atoms. The van der Waals surface area contributed by atoms with Crippen LogP contribution in [0, 0.1) is 6.92 Å². The molecule has 1 unspecified atom stereocenters. The van der Waals surface area contributed by atoms with Gasteiger partial charge in [-0.25, -0.2) is 0 Å². The van der Waals surface area contributed by atoms with Crippen molar-refractivity contribution in [1.82, 2.24) is 5.32 Å². The lowest BCUT2D eigenvalue weighted by atomic mass is 9.85. The quantitative estimate of drug-likeness (QED) is 0.730. The van der Waals surface area contributed by atoms with Gasteiger partial charge in [0.1, 0.15) is 6.23 Å². The predicted octanol–water partition coefficient (Wildman–Crippen LogP) is 2.50. The highest BCUT2D eigenvalue weighted by Crippen LogP contribution is 2.25. The number of hydrogen-bond donors (Lipinski definition) is 2. The lowest BCUT2D eigenvalue weighted by molar-refractivity contribution is 0.148. The van der Waals surface area contributed by atoms with Crippen LogP contribution in [0.15, 0.2) is 18.2 Å². The molecule has 0 aliphatic carbocycles. The van der Waals surface area contributed by atoms with E-state index >= 15 is 0 Å². The maximum Gasteiger partial charge on any atom is 0.131 e. The van der Waals surface area contributed by atoms with Crippen molar-refractivity contribution >= 4 is 0 Å². The number of rotatable bonds is 2. The summed E-state index contributed by atoms with van der Waals surface area (Å²) in [6.45, 7) is 8.60. The van der Waals surface area contributed by atoms with Crippen LogP contribution < -0.4 is 5.32 Å². The van der Waals surface area contributed by atoms with Crippen LogP contribution in [-0.4, -0.2) is 12.2 Å². The van der Waals surface area contributed by atoms with Crippen molar-refractivity contribution < 1.29 is 5.11 Å². The fourth-order valence-corrected chi connectivity index (χ4v) is 1.60. The number of aryl methyl sites for hydroxylation is 1. The molecule has 1 aromatic rings. The van der Waals surface area contributed by atoms with Crippen molar-refractivity contribution in [3.05, 3.63) is 34.9 Å². The molecule has 2 nitrogen and oxygen atoms in total. The second-order valence-electron chi connectivity index (χ2n) is 5.01. The van der Waals surface area contributed by atoms with Crippen LogP contribution in [0.1, 0.15) is 43.7 Å². The van der Waals surface area contributed by atoms with Gasteiger partial charge in [-0.15, -0.1) is 0 Å². The first-order valence-corrected chi connectivity index (χ1v) is 5.32. The molecule has 84 valence electrons. The molecular weight excluding hydrogens is 186 g/mol. The number of benzene rings is 1. The predicted molar refractivity (Wildman–Crippen MR) is 63.9 cm³/mol. The summed E-state index contributed by atoms with van der Waals surface area (Å²) in [6.07, 6.45) is -0.570. The molecule has 0 amide bonds. The third-order valence-corrected chi connectivity index (χ3v) is 2.70. The number of aliphatic hydroxyl groups is 1. The van der Waals surface area contributed by atoms with Crippen molar-refractivity contribution in [2.75, 3.05) is 7.05 Å².